The smallest absolute Gasteiger partial charge is 0.124 e. The van der Waals surface area contributed by atoms with Crippen LogP contribution in [0, 0.1) is 0 Å². The second-order valence-corrected chi connectivity index (χ2v) is 4.65. The third-order valence-electron chi connectivity index (χ3n) is 2.48. The lowest BCUT2D eigenvalue weighted by atomic mass is 10.2. The maximum atomic E-state index is 5.77. The number of hydrogen-bond acceptors (Lipinski definition) is 2. The standard InChI is InChI=1S/C14H14BrNO/c15-13-6-7-14(12(8-13)9-16)17-10-11-4-2-1-3-5-11/h1-8H,9-10,16H2. The van der Waals surface area contributed by atoms with E-state index >= 15 is 0 Å². The van der Waals surface area contributed by atoms with Gasteiger partial charge in [0.15, 0.2) is 0 Å². The molecule has 0 radical (unpaired) electrons. The number of hydrogen-bond donors (Lipinski definition) is 1. The van der Waals surface area contributed by atoms with Crippen LogP contribution in [-0.2, 0) is 13.2 Å². The highest BCUT2D eigenvalue weighted by molar-refractivity contribution is 9.10. The van der Waals surface area contributed by atoms with Crippen molar-refractivity contribution in [2.24, 2.45) is 5.73 Å². The lowest BCUT2D eigenvalue weighted by Gasteiger charge is -2.10. The summed E-state index contributed by atoms with van der Waals surface area (Å²) in [5.74, 6) is 0.847. The molecule has 0 aliphatic heterocycles. The molecule has 88 valence electrons. The molecule has 0 bridgehead atoms. The van der Waals surface area contributed by atoms with E-state index in [-0.39, 0.29) is 0 Å². The summed E-state index contributed by atoms with van der Waals surface area (Å²) in [5.41, 5.74) is 7.85. The van der Waals surface area contributed by atoms with Gasteiger partial charge in [-0.1, -0.05) is 46.3 Å². The molecule has 0 saturated heterocycles. The fourth-order valence-electron chi connectivity index (χ4n) is 1.58. The van der Waals surface area contributed by atoms with Crippen molar-refractivity contribution in [1.29, 1.82) is 0 Å². The van der Waals surface area contributed by atoms with Gasteiger partial charge < -0.3 is 10.5 Å². The first-order valence-corrected chi connectivity index (χ1v) is 6.24. The van der Waals surface area contributed by atoms with Gasteiger partial charge in [0.05, 0.1) is 0 Å². The van der Waals surface area contributed by atoms with Crippen molar-refractivity contribution in [2.45, 2.75) is 13.2 Å². The van der Waals surface area contributed by atoms with E-state index < -0.39 is 0 Å². The van der Waals surface area contributed by atoms with Crippen LogP contribution in [0.15, 0.2) is 53.0 Å². The highest BCUT2D eigenvalue weighted by Crippen LogP contribution is 2.23. The Bertz CT molecular complexity index is 485. The molecule has 2 nitrogen and oxygen atoms in total. The van der Waals surface area contributed by atoms with Crippen molar-refractivity contribution < 1.29 is 4.74 Å². The van der Waals surface area contributed by atoms with Crippen LogP contribution < -0.4 is 10.5 Å². The quantitative estimate of drug-likeness (QED) is 0.936. The molecule has 2 aromatic rings. The third kappa shape index (κ3) is 3.32. The van der Waals surface area contributed by atoms with Gasteiger partial charge in [0.1, 0.15) is 12.4 Å². The van der Waals surface area contributed by atoms with E-state index in [4.69, 9.17) is 10.5 Å². The highest BCUT2D eigenvalue weighted by Gasteiger charge is 2.03. The van der Waals surface area contributed by atoms with E-state index in [2.05, 4.69) is 15.9 Å². The topological polar surface area (TPSA) is 35.2 Å². The van der Waals surface area contributed by atoms with E-state index in [0.29, 0.717) is 13.2 Å². The number of rotatable bonds is 4. The molecule has 0 spiro atoms. The zero-order valence-electron chi connectivity index (χ0n) is 9.40. The van der Waals surface area contributed by atoms with Crippen LogP contribution >= 0.6 is 15.9 Å². The van der Waals surface area contributed by atoms with Gasteiger partial charge in [-0.15, -0.1) is 0 Å². The summed E-state index contributed by atoms with van der Waals surface area (Å²) in [7, 11) is 0. The average Bonchev–Trinajstić information content (AvgIpc) is 2.38. The first-order chi connectivity index (χ1) is 8.29. The van der Waals surface area contributed by atoms with E-state index in [1.54, 1.807) is 0 Å². The molecule has 0 atom stereocenters. The summed E-state index contributed by atoms with van der Waals surface area (Å²) in [6, 6.07) is 16.0. The molecule has 3 heteroatoms. The highest BCUT2D eigenvalue weighted by atomic mass is 79.9. The number of nitrogens with two attached hydrogens (primary N) is 1. The zero-order chi connectivity index (χ0) is 12.1. The first kappa shape index (κ1) is 12.1. The van der Waals surface area contributed by atoms with Crippen molar-refractivity contribution in [3.63, 3.8) is 0 Å². The van der Waals surface area contributed by atoms with Gasteiger partial charge in [0.25, 0.3) is 0 Å². The summed E-state index contributed by atoms with van der Waals surface area (Å²) in [5, 5.41) is 0. The molecule has 0 aromatic heterocycles. The first-order valence-electron chi connectivity index (χ1n) is 5.45. The summed E-state index contributed by atoms with van der Waals surface area (Å²) in [6.07, 6.45) is 0. The molecule has 0 aliphatic carbocycles. The Morgan fingerprint density at radius 1 is 1.06 bits per heavy atom. The van der Waals surface area contributed by atoms with Gasteiger partial charge in [0.2, 0.25) is 0 Å². The molecule has 17 heavy (non-hydrogen) atoms. The average molecular weight is 292 g/mol. The predicted molar refractivity (Wildman–Crippen MR) is 72.8 cm³/mol. The van der Waals surface area contributed by atoms with Crippen molar-refractivity contribution in [3.8, 4) is 5.75 Å². The van der Waals surface area contributed by atoms with Crippen LogP contribution in [0.1, 0.15) is 11.1 Å². The van der Waals surface area contributed by atoms with Crippen LogP contribution in [0.5, 0.6) is 5.75 Å². The van der Waals surface area contributed by atoms with Gasteiger partial charge >= 0.3 is 0 Å². The molecule has 2 aromatic carbocycles. The normalized spacial score (nSPS) is 10.2. The van der Waals surface area contributed by atoms with Gasteiger partial charge in [-0.2, -0.15) is 0 Å². The molecule has 0 amide bonds. The Morgan fingerprint density at radius 3 is 2.53 bits per heavy atom. The lowest BCUT2D eigenvalue weighted by Crippen LogP contribution is -2.02. The maximum Gasteiger partial charge on any atom is 0.124 e. The lowest BCUT2D eigenvalue weighted by molar-refractivity contribution is 0.303. The van der Waals surface area contributed by atoms with Crippen LogP contribution in [0.25, 0.3) is 0 Å². The Balaban J connectivity index is 2.09. The molecule has 0 unspecified atom stereocenters. The second kappa shape index (κ2) is 5.84. The number of ether oxygens (including phenoxy) is 1. The third-order valence-corrected chi connectivity index (χ3v) is 2.97. The monoisotopic (exact) mass is 291 g/mol. The molecule has 0 heterocycles. The fraction of sp³-hybridized carbons (Fsp3) is 0.143. The van der Waals surface area contributed by atoms with Crippen molar-refractivity contribution in [3.05, 3.63) is 64.1 Å². The van der Waals surface area contributed by atoms with Gasteiger partial charge in [-0.25, -0.2) is 0 Å². The minimum atomic E-state index is 0.476. The molecular weight excluding hydrogens is 278 g/mol. The van der Waals surface area contributed by atoms with Gasteiger partial charge in [0, 0.05) is 16.6 Å². The van der Waals surface area contributed by atoms with Crippen molar-refractivity contribution >= 4 is 15.9 Å². The number of halogens is 1. The van der Waals surface area contributed by atoms with Crippen LogP contribution in [0.2, 0.25) is 0 Å². The minimum absolute atomic E-state index is 0.476. The van der Waals surface area contributed by atoms with Crippen LogP contribution in [0.3, 0.4) is 0 Å². The van der Waals surface area contributed by atoms with Crippen LogP contribution in [0.4, 0.5) is 0 Å². The van der Waals surface area contributed by atoms with Gasteiger partial charge in [-0.05, 0) is 23.8 Å². The molecule has 0 fully saturated rings. The Kier molecular flexibility index (Phi) is 4.18. The van der Waals surface area contributed by atoms with E-state index in [1.165, 1.54) is 0 Å². The zero-order valence-corrected chi connectivity index (χ0v) is 11.0. The number of benzene rings is 2. The Labute approximate surface area is 110 Å². The summed E-state index contributed by atoms with van der Waals surface area (Å²) in [6.45, 7) is 1.04. The molecule has 2 rings (SSSR count). The largest absolute Gasteiger partial charge is 0.489 e. The van der Waals surface area contributed by atoms with Gasteiger partial charge in [-0.3, -0.25) is 0 Å². The SMILES string of the molecule is NCc1cc(Br)ccc1OCc1ccccc1. The summed E-state index contributed by atoms with van der Waals surface area (Å²) < 4.78 is 6.79. The van der Waals surface area contributed by atoms with Crippen molar-refractivity contribution in [2.75, 3.05) is 0 Å². The van der Waals surface area contributed by atoms with Crippen LogP contribution in [-0.4, -0.2) is 0 Å². The molecule has 0 aliphatic rings. The Morgan fingerprint density at radius 2 is 1.82 bits per heavy atom. The Hall–Kier alpha value is -1.32. The predicted octanol–water partition coefficient (Wildman–Crippen LogP) is 3.49. The maximum absolute atomic E-state index is 5.77. The second-order valence-electron chi connectivity index (χ2n) is 3.73. The molecule has 0 saturated carbocycles. The van der Waals surface area contributed by atoms with E-state index in [1.807, 2.05) is 48.5 Å². The van der Waals surface area contributed by atoms with E-state index in [0.717, 1.165) is 21.3 Å². The van der Waals surface area contributed by atoms with Crippen molar-refractivity contribution in [1.82, 2.24) is 0 Å². The van der Waals surface area contributed by atoms with E-state index in [9.17, 15) is 0 Å². The molecular formula is C14H14BrNO. The summed E-state index contributed by atoms with van der Waals surface area (Å²) in [4.78, 5) is 0. The molecule has 2 N–H and O–H groups in total. The minimum Gasteiger partial charge on any atom is -0.489 e. The summed E-state index contributed by atoms with van der Waals surface area (Å²) >= 11 is 3.42. The fourth-order valence-corrected chi connectivity index (χ4v) is 1.99.